The number of nitrogens with one attached hydrogen (secondary N) is 1. The lowest BCUT2D eigenvalue weighted by molar-refractivity contribution is 0.0242. The van der Waals surface area contributed by atoms with E-state index in [4.69, 9.17) is 4.74 Å². The molecule has 1 fully saturated rings. The number of hydrogen-bond donors (Lipinski definition) is 2. The third-order valence-electron chi connectivity index (χ3n) is 4.17. The summed E-state index contributed by atoms with van der Waals surface area (Å²) in [5.41, 5.74) is -0.649. The van der Waals surface area contributed by atoms with Gasteiger partial charge in [0, 0.05) is 26.7 Å². The summed E-state index contributed by atoms with van der Waals surface area (Å²) in [6, 6.07) is 0. The van der Waals surface area contributed by atoms with Gasteiger partial charge in [-0.3, -0.25) is 0 Å². The smallest absolute Gasteiger partial charge is 0.0765 e. The van der Waals surface area contributed by atoms with Gasteiger partial charge in [-0.25, -0.2) is 0 Å². The van der Waals surface area contributed by atoms with Gasteiger partial charge in [-0.1, -0.05) is 12.2 Å². The first kappa shape index (κ1) is 13.1. The van der Waals surface area contributed by atoms with Crippen LogP contribution >= 0.6 is 0 Å². The number of allylic oxidation sites excluding steroid dienone is 2. The lowest BCUT2D eigenvalue weighted by atomic mass is 9.93. The van der Waals surface area contributed by atoms with Gasteiger partial charge in [-0.2, -0.15) is 0 Å². The fourth-order valence-corrected chi connectivity index (χ4v) is 3.07. The second-order valence-corrected chi connectivity index (χ2v) is 5.91. The summed E-state index contributed by atoms with van der Waals surface area (Å²) < 4.78 is 5.00. The predicted octanol–water partition coefficient (Wildman–Crippen LogP) is 1.58. The molecule has 0 aromatic heterocycles. The average molecular weight is 239 g/mol. The van der Waals surface area contributed by atoms with Crippen molar-refractivity contribution in [2.45, 2.75) is 31.8 Å². The van der Waals surface area contributed by atoms with Crippen LogP contribution in [0.15, 0.2) is 12.2 Å². The van der Waals surface area contributed by atoms with Gasteiger partial charge in [-0.15, -0.1) is 0 Å². The zero-order valence-electron chi connectivity index (χ0n) is 11.0. The van der Waals surface area contributed by atoms with E-state index in [0.29, 0.717) is 19.6 Å². The predicted molar refractivity (Wildman–Crippen MR) is 68.8 cm³/mol. The minimum atomic E-state index is -0.649. The van der Waals surface area contributed by atoms with Crippen LogP contribution in [0.3, 0.4) is 0 Å². The second-order valence-electron chi connectivity index (χ2n) is 5.91. The average Bonchev–Trinajstić information content (AvgIpc) is 2.88. The molecule has 1 saturated carbocycles. The third kappa shape index (κ3) is 3.54. The Kier molecular flexibility index (Phi) is 4.23. The molecule has 3 heteroatoms. The number of methoxy groups -OCH3 is 1. The Morgan fingerprint density at radius 3 is 2.82 bits per heavy atom. The number of ether oxygens (including phenoxy) is 1. The summed E-state index contributed by atoms with van der Waals surface area (Å²) in [6.07, 6.45) is 8.12. The van der Waals surface area contributed by atoms with Gasteiger partial charge < -0.3 is 15.2 Å². The summed E-state index contributed by atoms with van der Waals surface area (Å²) in [5, 5.41) is 13.5. The summed E-state index contributed by atoms with van der Waals surface area (Å²) >= 11 is 0. The monoisotopic (exact) mass is 239 g/mol. The van der Waals surface area contributed by atoms with Gasteiger partial charge in [-0.05, 0) is 44.1 Å². The fraction of sp³-hybridized carbons (Fsp3) is 0.857. The normalized spacial score (nSPS) is 34.2. The molecular weight excluding hydrogens is 214 g/mol. The molecule has 0 aromatic carbocycles. The molecule has 0 aliphatic heterocycles. The van der Waals surface area contributed by atoms with Crippen LogP contribution in [-0.2, 0) is 4.74 Å². The van der Waals surface area contributed by atoms with Crippen molar-refractivity contribution in [1.29, 1.82) is 0 Å². The maximum atomic E-state index is 10.1. The highest BCUT2D eigenvalue weighted by atomic mass is 16.5. The van der Waals surface area contributed by atoms with Crippen molar-refractivity contribution in [2.75, 3.05) is 26.8 Å². The Hall–Kier alpha value is -0.380. The van der Waals surface area contributed by atoms with Gasteiger partial charge in [0.2, 0.25) is 0 Å². The maximum Gasteiger partial charge on any atom is 0.0765 e. The Morgan fingerprint density at radius 1 is 1.41 bits per heavy atom. The molecule has 0 saturated heterocycles. The lowest BCUT2D eigenvalue weighted by Gasteiger charge is -2.25. The minimum Gasteiger partial charge on any atom is -0.389 e. The van der Waals surface area contributed by atoms with E-state index in [1.807, 2.05) is 6.92 Å². The van der Waals surface area contributed by atoms with Crippen molar-refractivity contribution in [3.05, 3.63) is 12.2 Å². The molecule has 2 rings (SSSR count). The van der Waals surface area contributed by atoms with E-state index in [9.17, 15) is 5.11 Å². The zero-order chi connectivity index (χ0) is 12.3. The van der Waals surface area contributed by atoms with Crippen LogP contribution in [0.2, 0.25) is 0 Å². The molecule has 3 nitrogen and oxygen atoms in total. The van der Waals surface area contributed by atoms with Crippen molar-refractivity contribution in [3.8, 4) is 0 Å². The first-order chi connectivity index (χ1) is 8.11. The summed E-state index contributed by atoms with van der Waals surface area (Å²) in [4.78, 5) is 0. The van der Waals surface area contributed by atoms with Crippen LogP contribution in [0, 0.1) is 17.8 Å². The fourth-order valence-electron chi connectivity index (χ4n) is 3.07. The molecule has 0 radical (unpaired) electrons. The number of aliphatic hydroxyl groups is 1. The molecule has 0 heterocycles. The van der Waals surface area contributed by atoms with Crippen molar-refractivity contribution in [3.63, 3.8) is 0 Å². The molecule has 0 amide bonds. The third-order valence-corrected chi connectivity index (χ3v) is 4.17. The minimum absolute atomic E-state index is 0.617. The molecule has 0 spiro atoms. The number of hydrogen-bond acceptors (Lipinski definition) is 3. The van der Waals surface area contributed by atoms with E-state index in [0.717, 1.165) is 24.3 Å². The lowest BCUT2D eigenvalue weighted by Crippen LogP contribution is -2.40. The molecule has 17 heavy (non-hydrogen) atoms. The van der Waals surface area contributed by atoms with Crippen LogP contribution in [-0.4, -0.2) is 37.5 Å². The van der Waals surface area contributed by atoms with Crippen LogP contribution in [0.25, 0.3) is 0 Å². The van der Waals surface area contributed by atoms with Crippen molar-refractivity contribution in [2.24, 2.45) is 17.8 Å². The Balaban J connectivity index is 1.64. The zero-order valence-corrected chi connectivity index (χ0v) is 11.0. The first-order valence-corrected chi connectivity index (χ1v) is 6.71. The van der Waals surface area contributed by atoms with Crippen LogP contribution in [0.5, 0.6) is 0 Å². The van der Waals surface area contributed by atoms with Gasteiger partial charge in [0.05, 0.1) is 5.60 Å². The Bertz CT molecular complexity index is 275. The molecule has 2 aliphatic rings. The highest BCUT2D eigenvalue weighted by Crippen LogP contribution is 2.42. The molecule has 2 N–H and O–H groups in total. The van der Waals surface area contributed by atoms with Crippen molar-refractivity contribution in [1.82, 2.24) is 5.32 Å². The summed E-state index contributed by atoms with van der Waals surface area (Å²) in [7, 11) is 1.67. The van der Waals surface area contributed by atoms with Crippen LogP contribution in [0.1, 0.15) is 26.2 Å². The van der Waals surface area contributed by atoms with Gasteiger partial charge in [0.15, 0.2) is 0 Å². The van der Waals surface area contributed by atoms with E-state index >= 15 is 0 Å². The van der Waals surface area contributed by atoms with Gasteiger partial charge in [0.1, 0.15) is 0 Å². The van der Waals surface area contributed by atoms with Crippen LogP contribution < -0.4 is 5.32 Å². The standard InChI is InChI=1S/C14H25NO2/c1-14(16,5-6-17-2)10-15-9-13-8-11-3-4-12(13)7-11/h3-4,11-13,15-16H,5-10H2,1-2H3. The van der Waals surface area contributed by atoms with Crippen molar-refractivity contribution < 1.29 is 9.84 Å². The highest BCUT2D eigenvalue weighted by molar-refractivity contribution is 5.10. The quantitative estimate of drug-likeness (QED) is 0.663. The van der Waals surface area contributed by atoms with Crippen molar-refractivity contribution >= 4 is 0 Å². The molecular formula is C14H25NO2. The molecule has 2 aliphatic carbocycles. The SMILES string of the molecule is COCCC(C)(O)CNCC1CC2C=CC1C2. The van der Waals surface area contributed by atoms with Gasteiger partial charge >= 0.3 is 0 Å². The molecule has 2 bridgehead atoms. The molecule has 98 valence electrons. The Labute approximate surface area is 104 Å². The number of rotatable bonds is 7. The van der Waals surface area contributed by atoms with Crippen LogP contribution in [0.4, 0.5) is 0 Å². The maximum absolute atomic E-state index is 10.1. The van der Waals surface area contributed by atoms with E-state index < -0.39 is 5.60 Å². The topological polar surface area (TPSA) is 41.5 Å². The molecule has 4 unspecified atom stereocenters. The highest BCUT2D eigenvalue weighted by Gasteiger charge is 2.35. The first-order valence-electron chi connectivity index (χ1n) is 6.71. The summed E-state index contributed by atoms with van der Waals surface area (Å²) in [6.45, 7) is 4.19. The largest absolute Gasteiger partial charge is 0.389 e. The van der Waals surface area contributed by atoms with E-state index in [2.05, 4.69) is 17.5 Å². The van der Waals surface area contributed by atoms with E-state index in [-0.39, 0.29) is 0 Å². The van der Waals surface area contributed by atoms with Gasteiger partial charge in [0.25, 0.3) is 0 Å². The van der Waals surface area contributed by atoms with E-state index in [1.54, 1.807) is 7.11 Å². The molecule has 4 atom stereocenters. The number of fused-ring (bicyclic) bond motifs is 2. The Morgan fingerprint density at radius 2 is 2.24 bits per heavy atom. The summed E-state index contributed by atoms with van der Waals surface area (Å²) in [5.74, 6) is 2.40. The van der Waals surface area contributed by atoms with E-state index in [1.165, 1.54) is 12.8 Å². The second kappa shape index (κ2) is 5.51. The molecule has 0 aromatic rings.